The van der Waals surface area contributed by atoms with E-state index in [1.165, 1.54) is 0 Å². The van der Waals surface area contributed by atoms with Crippen molar-refractivity contribution in [3.63, 3.8) is 0 Å². The first-order chi connectivity index (χ1) is 18.2. The Labute approximate surface area is 214 Å². The molecule has 0 bridgehead atoms. The highest BCUT2D eigenvalue weighted by Crippen LogP contribution is 2.39. The average Bonchev–Trinajstić information content (AvgIpc) is 3.45. The molecule has 1 saturated heterocycles. The summed E-state index contributed by atoms with van der Waals surface area (Å²) < 4.78 is 17.2. The van der Waals surface area contributed by atoms with Gasteiger partial charge in [-0.15, -0.1) is 10.2 Å². The first-order valence-corrected chi connectivity index (χ1v) is 12.2. The maximum absolute atomic E-state index is 9.76. The molecule has 5 rings (SSSR count). The number of tetrazole rings is 1. The molecule has 11 heteroatoms. The van der Waals surface area contributed by atoms with Gasteiger partial charge in [0.05, 0.1) is 38.2 Å². The molecule has 0 aliphatic carbocycles. The Morgan fingerprint density at radius 3 is 2.73 bits per heavy atom. The number of benzene rings is 2. The number of aromatic nitrogens is 5. The van der Waals surface area contributed by atoms with Gasteiger partial charge in [-0.3, -0.25) is 9.88 Å². The van der Waals surface area contributed by atoms with Gasteiger partial charge in [0.2, 0.25) is 0 Å². The summed E-state index contributed by atoms with van der Waals surface area (Å²) in [6, 6.07) is 13.9. The number of rotatable bonds is 10. The molecule has 0 amide bonds. The third-order valence-corrected chi connectivity index (χ3v) is 6.24. The number of ether oxygens (including phenoxy) is 3. The fourth-order valence-corrected chi connectivity index (χ4v) is 4.34. The van der Waals surface area contributed by atoms with E-state index in [9.17, 15) is 5.26 Å². The van der Waals surface area contributed by atoms with Gasteiger partial charge >= 0.3 is 0 Å². The van der Waals surface area contributed by atoms with Gasteiger partial charge < -0.3 is 19.5 Å². The Kier molecular flexibility index (Phi) is 7.69. The van der Waals surface area contributed by atoms with Gasteiger partial charge in [-0.1, -0.05) is 17.3 Å². The number of nitriles is 1. The molecule has 2 N–H and O–H groups in total. The minimum absolute atomic E-state index is 0.435. The van der Waals surface area contributed by atoms with Gasteiger partial charge in [-0.25, -0.2) is 0 Å². The van der Waals surface area contributed by atoms with Crippen LogP contribution in [-0.2, 0) is 11.2 Å². The third-order valence-electron chi connectivity index (χ3n) is 6.24. The zero-order chi connectivity index (χ0) is 25.5. The number of nitrogens with zero attached hydrogens (tertiary/aromatic N) is 6. The van der Waals surface area contributed by atoms with E-state index in [0.29, 0.717) is 47.1 Å². The largest absolute Gasteiger partial charge is 0.491 e. The van der Waals surface area contributed by atoms with Crippen molar-refractivity contribution in [2.24, 2.45) is 0 Å². The molecule has 0 atom stereocenters. The lowest BCUT2D eigenvalue weighted by molar-refractivity contribution is 0.0357. The summed E-state index contributed by atoms with van der Waals surface area (Å²) in [5, 5.41) is 27.9. The fraction of sp³-hybridized carbons (Fsp3) is 0.346. The molecule has 0 saturated carbocycles. The molecule has 1 aliphatic heterocycles. The maximum atomic E-state index is 9.76. The number of fused-ring (bicyclic) bond motifs is 1. The average molecular weight is 501 g/mol. The normalized spacial score (nSPS) is 13.8. The molecule has 11 nitrogen and oxygen atoms in total. The van der Waals surface area contributed by atoms with E-state index in [2.05, 4.69) is 41.9 Å². The summed E-state index contributed by atoms with van der Waals surface area (Å²) in [4.78, 5) is 6.91. The summed E-state index contributed by atoms with van der Waals surface area (Å²) in [7, 11) is 1.60. The van der Waals surface area contributed by atoms with E-state index in [4.69, 9.17) is 14.2 Å². The van der Waals surface area contributed by atoms with Crippen LogP contribution in [-0.4, -0.2) is 77.1 Å². The zero-order valence-corrected chi connectivity index (χ0v) is 20.6. The number of pyridine rings is 1. The van der Waals surface area contributed by atoms with E-state index in [-0.39, 0.29) is 0 Å². The zero-order valence-electron chi connectivity index (χ0n) is 20.6. The molecule has 1 fully saturated rings. The van der Waals surface area contributed by atoms with Gasteiger partial charge in [0.15, 0.2) is 17.3 Å². The second-order valence-corrected chi connectivity index (χ2v) is 8.63. The summed E-state index contributed by atoms with van der Waals surface area (Å²) in [6.07, 6.45) is 3.03. The molecule has 1 aliphatic rings. The van der Waals surface area contributed by atoms with Crippen molar-refractivity contribution in [3.05, 3.63) is 59.5 Å². The number of H-pyrrole nitrogens is 1. The number of hydrogen-bond acceptors (Lipinski definition) is 10. The monoisotopic (exact) mass is 500 g/mol. The van der Waals surface area contributed by atoms with E-state index >= 15 is 0 Å². The smallest absolute Gasteiger partial charge is 0.187 e. The van der Waals surface area contributed by atoms with Crippen LogP contribution in [0.5, 0.6) is 11.5 Å². The number of morpholine rings is 1. The summed E-state index contributed by atoms with van der Waals surface area (Å²) in [5.41, 5.74) is 3.61. The maximum Gasteiger partial charge on any atom is 0.187 e. The minimum Gasteiger partial charge on any atom is -0.491 e. The van der Waals surface area contributed by atoms with Gasteiger partial charge in [-0.2, -0.15) is 10.5 Å². The molecule has 2 aromatic carbocycles. The molecular formula is C26H28N8O3. The lowest BCUT2D eigenvalue weighted by Gasteiger charge is -2.26. The highest BCUT2D eigenvalue weighted by molar-refractivity contribution is 5.99. The minimum atomic E-state index is 0.435. The molecule has 0 radical (unpaired) electrons. The summed E-state index contributed by atoms with van der Waals surface area (Å²) >= 11 is 0. The van der Waals surface area contributed by atoms with Crippen molar-refractivity contribution in [1.82, 2.24) is 30.5 Å². The SMILES string of the molecule is COc1c(OCCCN2CCOCC2)ccc2c(Nc3ccc(Cc4nn[nH]n4)cc3)c(C#N)cnc12. The molecular weight excluding hydrogens is 472 g/mol. The number of nitrogens with one attached hydrogen (secondary N) is 2. The molecule has 3 heterocycles. The second-order valence-electron chi connectivity index (χ2n) is 8.63. The Morgan fingerprint density at radius 2 is 2.00 bits per heavy atom. The molecule has 0 spiro atoms. The van der Waals surface area contributed by atoms with Crippen molar-refractivity contribution >= 4 is 22.3 Å². The van der Waals surface area contributed by atoms with Crippen LogP contribution in [0.3, 0.4) is 0 Å². The highest BCUT2D eigenvalue weighted by atomic mass is 16.5. The predicted molar refractivity (Wildman–Crippen MR) is 137 cm³/mol. The van der Waals surface area contributed by atoms with Crippen LogP contribution in [0, 0.1) is 11.3 Å². The van der Waals surface area contributed by atoms with Gasteiger partial charge in [0.25, 0.3) is 0 Å². The van der Waals surface area contributed by atoms with E-state index in [1.807, 2.05) is 36.4 Å². The van der Waals surface area contributed by atoms with E-state index in [0.717, 1.165) is 55.9 Å². The van der Waals surface area contributed by atoms with Crippen LogP contribution in [0.25, 0.3) is 10.9 Å². The molecule has 37 heavy (non-hydrogen) atoms. The van der Waals surface area contributed by atoms with Crippen molar-refractivity contribution in [3.8, 4) is 17.6 Å². The summed E-state index contributed by atoms with van der Waals surface area (Å²) in [5.74, 6) is 1.80. The second kappa shape index (κ2) is 11.6. The topological polar surface area (TPSA) is 134 Å². The molecule has 0 unspecified atom stereocenters. The lowest BCUT2D eigenvalue weighted by atomic mass is 10.1. The quantitative estimate of drug-likeness (QED) is 0.313. The summed E-state index contributed by atoms with van der Waals surface area (Å²) in [6.45, 7) is 5.03. The number of methoxy groups -OCH3 is 1. The number of anilines is 2. The van der Waals surface area contributed by atoms with Crippen molar-refractivity contribution in [1.29, 1.82) is 5.26 Å². The fourth-order valence-electron chi connectivity index (χ4n) is 4.34. The van der Waals surface area contributed by atoms with E-state index < -0.39 is 0 Å². The van der Waals surface area contributed by atoms with Crippen molar-refractivity contribution in [2.45, 2.75) is 12.8 Å². The van der Waals surface area contributed by atoms with Gasteiger partial charge in [0, 0.05) is 43.3 Å². The van der Waals surface area contributed by atoms with Crippen LogP contribution in [0.4, 0.5) is 11.4 Å². The van der Waals surface area contributed by atoms with Crippen molar-refractivity contribution in [2.75, 3.05) is 51.9 Å². The van der Waals surface area contributed by atoms with Crippen LogP contribution in [0.2, 0.25) is 0 Å². The number of aromatic amines is 1. The first-order valence-electron chi connectivity index (χ1n) is 12.2. The Balaban J connectivity index is 1.33. The Morgan fingerprint density at radius 1 is 1.16 bits per heavy atom. The van der Waals surface area contributed by atoms with Crippen LogP contribution >= 0.6 is 0 Å². The highest BCUT2D eigenvalue weighted by Gasteiger charge is 2.17. The van der Waals surface area contributed by atoms with E-state index in [1.54, 1.807) is 13.3 Å². The van der Waals surface area contributed by atoms with Gasteiger partial charge in [-0.05, 0) is 36.2 Å². The first kappa shape index (κ1) is 24.4. The predicted octanol–water partition coefficient (Wildman–Crippen LogP) is 3.06. The standard InChI is InChI=1S/C26H28N8O3/c1-35-26-22(37-12-2-9-34-10-13-36-14-11-34)8-7-21-24(19(16-27)17-28-25(21)26)29-20-5-3-18(4-6-20)15-23-30-32-33-31-23/h3-8,17H,2,9-15H2,1H3,(H,28,29)(H,30,31,32,33). The molecule has 4 aromatic rings. The molecule has 2 aromatic heterocycles. The van der Waals surface area contributed by atoms with Crippen LogP contribution < -0.4 is 14.8 Å². The Bertz CT molecular complexity index is 1360. The lowest BCUT2D eigenvalue weighted by Crippen LogP contribution is -2.37. The van der Waals surface area contributed by atoms with Crippen molar-refractivity contribution < 1.29 is 14.2 Å². The number of hydrogen-bond donors (Lipinski definition) is 2. The van der Waals surface area contributed by atoms with Crippen LogP contribution in [0.1, 0.15) is 23.4 Å². The third kappa shape index (κ3) is 5.77. The molecule has 190 valence electrons. The van der Waals surface area contributed by atoms with Gasteiger partial charge in [0.1, 0.15) is 11.6 Å². The Hall–Kier alpha value is -4.27. The van der Waals surface area contributed by atoms with Crippen LogP contribution in [0.15, 0.2) is 42.6 Å².